The highest BCUT2D eigenvalue weighted by Gasteiger charge is 2.35. The maximum absolute atomic E-state index is 13.1. The fourth-order valence-corrected chi connectivity index (χ4v) is 4.81. The van der Waals surface area contributed by atoms with Gasteiger partial charge in [0.2, 0.25) is 15.9 Å². The van der Waals surface area contributed by atoms with Crippen LogP contribution < -0.4 is 5.32 Å². The van der Waals surface area contributed by atoms with Crippen molar-refractivity contribution in [3.05, 3.63) is 72.8 Å². The molecule has 2 aromatic carbocycles. The van der Waals surface area contributed by atoms with Gasteiger partial charge in [-0.25, -0.2) is 17.5 Å². The van der Waals surface area contributed by atoms with E-state index < -0.39 is 21.8 Å². The number of halogens is 1. The molecule has 1 aliphatic heterocycles. The van der Waals surface area contributed by atoms with E-state index in [0.717, 1.165) is 17.8 Å². The Hall–Kier alpha value is -3.04. The quantitative estimate of drug-likeness (QED) is 0.696. The summed E-state index contributed by atoms with van der Waals surface area (Å²) in [6.45, 7) is 0.329. The van der Waals surface area contributed by atoms with Crippen LogP contribution in [0.25, 0.3) is 5.69 Å². The van der Waals surface area contributed by atoms with Crippen molar-refractivity contribution in [1.82, 2.24) is 14.1 Å². The Labute approximate surface area is 167 Å². The first-order valence-corrected chi connectivity index (χ1v) is 10.5. The van der Waals surface area contributed by atoms with Gasteiger partial charge in [0.15, 0.2) is 0 Å². The minimum Gasteiger partial charge on any atom is -0.326 e. The Morgan fingerprint density at radius 2 is 1.93 bits per heavy atom. The zero-order valence-corrected chi connectivity index (χ0v) is 16.2. The van der Waals surface area contributed by atoms with Crippen LogP contribution in [0, 0.1) is 11.7 Å². The summed E-state index contributed by atoms with van der Waals surface area (Å²) in [6.07, 6.45) is 3.89. The lowest BCUT2D eigenvalue weighted by Gasteiger charge is -2.16. The van der Waals surface area contributed by atoms with Crippen molar-refractivity contribution in [2.24, 2.45) is 5.92 Å². The lowest BCUT2D eigenvalue weighted by atomic mass is 10.1. The van der Waals surface area contributed by atoms with Gasteiger partial charge < -0.3 is 5.32 Å². The molecule has 1 N–H and O–H groups in total. The number of amides is 1. The molecule has 3 aromatic rings. The molecule has 1 amide bonds. The first-order chi connectivity index (χ1) is 13.9. The van der Waals surface area contributed by atoms with Crippen LogP contribution in [0.1, 0.15) is 6.42 Å². The third-order valence-electron chi connectivity index (χ3n) is 4.86. The number of carbonyl (C=O) groups excluding carboxylic acids is 1. The molecule has 29 heavy (non-hydrogen) atoms. The highest BCUT2D eigenvalue weighted by atomic mass is 32.2. The number of anilines is 1. The van der Waals surface area contributed by atoms with Crippen molar-refractivity contribution in [2.75, 3.05) is 18.4 Å². The number of hydrogen-bond acceptors (Lipinski definition) is 4. The van der Waals surface area contributed by atoms with Gasteiger partial charge >= 0.3 is 0 Å². The van der Waals surface area contributed by atoms with Crippen LogP contribution >= 0.6 is 0 Å². The smallest absolute Gasteiger partial charge is 0.243 e. The molecule has 0 aliphatic carbocycles. The van der Waals surface area contributed by atoms with Crippen molar-refractivity contribution in [3.63, 3.8) is 0 Å². The Kier molecular flexibility index (Phi) is 5.16. The minimum absolute atomic E-state index is 0.0203. The van der Waals surface area contributed by atoms with Crippen molar-refractivity contribution < 1.29 is 17.6 Å². The number of carbonyl (C=O) groups is 1. The lowest BCUT2D eigenvalue weighted by molar-refractivity contribution is -0.119. The van der Waals surface area contributed by atoms with Gasteiger partial charge in [0.05, 0.1) is 16.5 Å². The van der Waals surface area contributed by atoms with Crippen LogP contribution in [-0.2, 0) is 14.8 Å². The first-order valence-electron chi connectivity index (χ1n) is 9.10. The zero-order chi connectivity index (χ0) is 20.4. The fraction of sp³-hybridized carbons (Fsp3) is 0.200. The minimum atomic E-state index is -3.76. The van der Waals surface area contributed by atoms with Crippen LogP contribution in [0.3, 0.4) is 0 Å². The Balaban J connectivity index is 1.43. The zero-order valence-electron chi connectivity index (χ0n) is 15.4. The molecule has 0 spiro atoms. The molecule has 0 bridgehead atoms. The summed E-state index contributed by atoms with van der Waals surface area (Å²) in [6, 6.07) is 13.7. The van der Waals surface area contributed by atoms with Gasteiger partial charge in [0.1, 0.15) is 5.82 Å². The molecule has 0 saturated carbocycles. The van der Waals surface area contributed by atoms with Crippen molar-refractivity contribution in [2.45, 2.75) is 11.3 Å². The molecule has 1 atom stereocenters. The van der Waals surface area contributed by atoms with Crippen LogP contribution in [-0.4, -0.2) is 41.5 Å². The summed E-state index contributed by atoms with van der Waals surface area (Å²) in [4.78, 5) is 12.7. The predicted octanol–water partition coefficient (Wildman–Crippen LogP) is 2.66. The number of aromatic nitrogens is 2. The van der Waals surface area contributed by atoms with E-state index in [4.69, 9.17) is 0 Å². The second-order valence-corrected chi connectivity index (χ2v) is 8.73. The number of hydrogen-bond donors (Lipinski definition) is 1. The molecule has 9 heteroatoms. The second-order valence-electron chi connectivity index (χ2n) is 6.79. The van der Waals surface area contributed by atoms with Crippen molar-refractivity contribution in [1.29, 1.82) is 0 Å². The van der Waals surface area contributed by atoms with E-state index in [-0.39, 0.29) is 23.9 Å². The van der Waals surface area contributed by atoms with Crippen molar-refractivity contribution >= 4 is 21.6 Å². The highest BCUT2D eigenvalue weighted by molar-refractivity contribution is 7.89. The van der Waals surface area contributed by atoms with Crippen LogP contribution in [0.15, 0.2) is 71.9 Å². The molecular weight excluding hydrogens is 395 g/mol. The molecule has 7 nitrogen and oxygen atoms in total. The number of nitrogens with zero attached hydrogens (tertiary/aromatic N) is 3. The SMILES string of the molecule is O=C(Nc1cccc(-n2cccn2)c1)C1CCN(S(=O)(=O)c2ccc(F)cc2)C1. The molecule has 150 valence electrons. The number of nitrogens with one attached hydrogen (secondary N) is 1. The van der Waals surface area contributed by atoms with Crippen LogP contribution in [0.4, 0.5) is 10.1 Å². The van der Waals surface area contributed by atoms with Gasteiger partial charge in [0.25, 0.3) is 0 Å². The van der Waals surface area contributed by atoms with E-state index in [2.05, 4.69) is 10.4 Å². The van der Waals surface area contributed by atoms with E-state index >= 15 is 0 Å². The summed E-state index contributed by atoms with van der Waals surface area (Å²) in [7, 11) is -3.76. The van der Waals surface area contributed by atoms with Gasteiger partial charge in [-0.3, -0.25) is 4.79 Å². The Morgan fingerprint density at radius 1 is 1.14 bits per heavy atom. The van der Waals surface area contributed by atoms with Crippen LogP contribution in [0.5, 0.6) is 0 Å². The fourth-order valence-electron chi connectivity index (χ4n) is 3.31. The highest BCUT2D eigenvalue weighted by Crippen LogP contribution is 2.26. The van der Waals surface area contributed by atoms with Gasteiger partial charge in [-0.05, 0) is 55.0 Å². The Morgan fingerprint density at radius 3 is 2.66 bits per heavy atom. The van der Waals surface area contributed by atoms with Gasteiger partial charge in [-0.1, -0.05) is 6.07 Å². The molecule has 1 aliphatic rings. The summed E-state index contributed by atoms with van der Waals surface area (Å²) < 4.78 is 41.5. The molecular formula is C20H19FN4O3S. The monoisotopic (exact) mass is 414 g/mol. The predicted molar refractivity (Wildman–Crippen MR) is 105 cm³/mol. The maximum atomic E-state index is 13.1. The largest absolute Gasteiger partial charge is 0.326 e. The number of sulfonamides is 1. The topological polar surface area (TPSA) is 84.3 Å². The molecule has 2 heterocycles. The molecule has 1 aromatic heterocycles. The average Bonchev–Trinajstić information content (AvgIpc) is 3.41. The van der Waals surface area contributed by atoms with Gasteiger partial charge in [-0.2, -0.15) is 9.40 Å². The molecule has 1 fully saturated rings. The second kappa shape index (κ2) is 7.76. The lowest BCUT2D eigenvalue weighted by Crippen LogP contribution is -2.31. The first kappa shape index (κ1) is 19.3. The molecule has 0 radical (unpaired) electrons. The van der Waals surface area contributed by atoms with Gasteiger partial charge in [-0.15, -0.1) is 0 Å². The van der Waals surface area contributed by atoms with E-state index in [9.17, 15) is 17.6 Å². The van der Waals surface area contributed by atoms with E-state index in [1.807, 2.05) is 12.1 Å². The average molecular weight is 414 g/mol. The summed E-state index contributed by atoms with van der Waals surface area (Å²) in [5, 5.41) is 7.02. The molecule has 4 rings (SSSR count). The van der Waals surface area contributed by atoms with Gasteiger partial charge in [0, 0.05) is 31.2 Å². The van der Waals surface area contributed by atoms with Crippen LogP contribution in [0.2, 0.25) is 0 Å². The third-order valence-corrected chi connectivity index (χ3v) is 6.74. The number of rotatable bonds is 5. The van der Waals surface area contributed by atoms with E-state index in [1.165, 1.54) is 16.4 Å². The number of benzene rings is 2. The van der Waals surface area contributed by atoms with E-state index in [1.54, 1.807) is 35.3 Å². The summed E-state index contributed by atoms with van der Waals surface area (Å²) in [5.74, 6) is -1.20. The summed E-state index contributed by atoms with van der Waals surface area (Å²) in [5.41, 5.74) is 1.42. The Bertz CT molecular complexity index is 1110. The van der Waals surface area contributed by atoms with E-state index in [0.29, 0.717) is 12.1 Å². The molecule has 1 saturated heterocycles. The molecule has 1 unspecified atom stereocenters. The standard InChI is InChI=1S/C20H19FN4O3S/c21-16-5-7-19(8-6-16)29(27,28)24-12-9-15(14-24)20(26)23-17-3-1-4-18(13-17)25-11-2-10-22-25/h1-8,10-11,13,15H,9,12,14H2,(H,23,26). The van der Waals surface area contributed by atoms with Crippen molar-refractivity contribution in [3.8, 4) is 5.69 Å². The maximum Gasteiger partial charge on any atom is 0.243 e. The summed E-state index contributed by atoms with van der Waals surface area (Å²) >= 11 is 0. The third kappa shape index (κ3) is 4.06. The normalized spacial score (nSPS) is 17.3.